The molecule has 108 valence electrons. The quantitative estimate of drug-likeness (QED) is 0.892. The van der Waals surface area contributed by atoms with Crippen LogP contribution in [-0.4, -0.2) is 29.3 Å². The maximum Gasteiger partial charge on any atom is 0.356 e. The third-order valence-corrected chi connectivity index (χ3v) is 5.26. The zero-order valence-corrected chi connectivity index (χ0v) is 12.7. The van der Waals surface area contributed by atoms with E-state index < -0.39 is 16.0 Å². The maximum absolute atomic E-state index is 12.3. The SMILES string of the molecule is Cc1cc(S(=O)(=O)Nc2cnn(C)c2C(=O)O)c(C)s1. The molecule has 2 N–H and O–H groups in total. The van der Waals surface area contributed by atoms with Crippen LogP contribution in [0.15, 0.2) is 17.2 Å². The summed E-state index contributed by atoms with van der Waals surface area (Å²) in [7, 11) is -2.39. The van der Waals surface area contributed by atoms with Crippen LogP contribution in [-0.2, 0) is 17.1 Å². The van der Waals surface area contributed by atoms with Crippen LogP contribution >= 0.6 is 11.3 Å². The van der Waals surface area contributed by atoms with Crippen molar-refractivity contribution < 1.29 is 18.3 Å². The van der Waals surface area contributed by atoms with Gasteiger partial charge in [-0.15, -0.1) is 11.3 Å². The summed E-state index contributed by atoms with van der Waals surface area (Å²) in [5.41, 5.74) is -0.263. The first-order chi connectivity index (χ1) is 9.22. The number of anilines is 1. The van der Waals surface area contributed by atoms with Crippen LogP contribution < -0.4 is 4.72 Å². The highest BCUT2D eigenvalue weighted by Crippen LogP contribution is 2.27. The third kappa shape index (κ3) is 2.54. The van der Waals surface area contributed by atoms with Crippen molar-refractivity contribution in [1.29, 1.82) is 0 Å². The second-order valence-electron chi connectivity index (χ2n) is 4.22. The summed E-state index contributed by atoms with van der Waals surface area (Å²) in [6, 6.07) is 1.55. The van der Waals surface area contributed by atoms with Gasteiger partial charge in [0.05, 0.1) is 6.20 Å². The highest BCUT2D eigenvalue weighted by molar-refractivity contribution is 7.93. The lowest BCUT2D eigenvalue weighted by Gasteiger charge is -2.06. The predicted molar refractivity (Wildman–Crippen MR) is 74.8 cm³/mol. The molecule has 0 fully saturated rings. The minimum absolute atomic E-state index is 0.0525. The van der Waals surface area contributed by atoms with Gasteiger partial charge < -0.3 is 5.11 Å². The molecule has 0 aliphatic rings. The Morgan fingerprint density at radius 1 is 1.45 bits per heavy atom. The first-order valence-electron chi connectivity index (χ1n) is 5.57. The van der Waals surface area contributed by atoms with Gasteiger partial charge in [0.2, 0.25) is 0 Å². The normalized spacial score (nSPS) is 11.6. The second kappa shape index (κ2) is 4.91. The fourth-order valence-electron chi connectivity index (χ4n) is 1.84. The zero-order valence-electron chi connectivity index (χ0n) is 11.0. The van der Waals surface area contributed by atoms with Crippen LogP contribution in [0.3, 0.4) is 0 Å². The standard InChI is InChI=1S/C11H13N3O4S2/c1-6-4-9(7(2)19-6)20(17,18)13-8-5-12-14(3)10(8)11(15)16/h4-5,13H,1-3H3,(H,15,16). The molecule has 2 heterocycles. The van der Waals surface area contributed by atoms with Gasteiger partial charge in [-0.25, -0.2) is 13.2 Å². The van der Waals surface area contributed by atoms with E-state index in [4.69, 9.17) is 5.11 Å². The first-order valence-corrected chi connectivity index (χ1v) is 7.87. The summed E-state index contributed by atoms with van der Waals surface area (Å²) in [4.78, 5) is 12.8. The average Bonchev–Trinajstić information content (AvgIpc) is 2.82. The maximum atomic E-state index is 12.3. The van der Waals surface area contributed by atoms with E-state index in [-0.39, 0.29) is 16.3 Å². The van der Waals surface area contributed by atoms with Gasteiger partial charge in [-0.1, -0.05) is 0 Å². The molecule has 0 aliphatic carbocycles. The number of hydrogen-bond acceptors (Lipinski definition) is 5. The molecule has 0 saturated heterocycles. The van der Waals surface area contributed by atoms with Gasteiger partial charge in [-0.2, -0.15) is 5.10 Å². The van der Waals surface area contributed by atoms with Crippen molar-refractivity contribution in [2.24, 2.45) is 7.05 Å². The van der Waals surface area contributed by atoms with E-state index in [0.29, 0.717) is 4.88 Å². The molecule has 2 aromatic rings. The first kappa shape index (κ1) is 14.5. The van der Waals surface area contributed by atoms with Gasteiger partial charge >= 0.3 is 5.97 Å². The summed E-state index contributed by atoms with van der Waals surface area (Å²) in [5.74, 6) is -1.25. The Kier molecular flexibility index (Phi) is 3.57. The summed E-state index contributed by atoms with van der Waals surface area (Å²) in [5, 5.41) is 12.8. The lowest BCUT2D eigenvalue weighted by Crippen LogP contribution is -2.16. The van der Waals surface area contributed by atoms with E-state index in [1.807, 2.05) is 6.92 Å². The largest absolute Gasteiger partial charge is 0.476 e. The highest BCUT2D eigenvalue weighted by atomic mass is 32.2. The topological polar surface area (TPSA) is 101 Å². The number of aromatic carboxylic acids is 1. The summed E-state index contributed by atoms with van der Waals surface area (Å²) < 4.78 is 27.9. The van der Waals surface area contributed by atoms with Crippen molar-refractivity contribution in [2.45, 2.75) is 18.7 Å². The van der Waals surface area contributed by atoms with Crippen LogP contribution in [0.1, 0.15) is 20.2 Å². The summed E-state index contributed by atoms with van der Waals surface area (Å²) >= 11 is 1.37. The molecule has 2 rings (SSSR count). The Bertz CT molecular complexity index is 774. The van der Waals surface area contributed by atoms with Crippen LogP contribution in [0.4, 0.5) is 5.69 Å². The molecule has 0 radical (unpaired) electrons. The summed E-state index contributed by atoms with van der Waals surface area (Å²) in [6.07, 6.45) is 1.18. The minimum atomic E-state index is -3.82. The number of carboxylic acids is 1. The van der Waals surface area contributed by atoms with Gasteiger partial charge in [0, 0.05) is 16.8 Å². The predicted octanol–water partition coefficient (Wildman–Crippen LogP) is 1.60. The van der Waals surface area contributed by atoms with Crippen LogP contribution in [0, 0.1) is 13.8 Å². The monoisotopic (exact) mass is 315 g/mol. The van der Waals surface area contributed by atoms with E-state index in [0.717, 1.165) is 9.56 Å². The number of nitrogens with zero attached hydrogens (tertiary/aromatic N) is 2. The molecule has 20 heavy (non-hydrogen) atoms. The van der Waals surface area contributed by atoms with Crippen molar-refractivity contribution in [1.82, 2.24) is 9.78 Å². The van der Waals surface area contributed by atoms with E-state index >= 15 is 0 Å². The Labute approximate surface area is 119 Å². The van der Waals surface area contributed by atoms with Crippen LogP contribution in [0.2, 0.25) is 0 Å². The van der Waals surface area contributed by atoms with Crippen molar-refractivity contribution in [3.63, 3.8) is 0 Å². The van der Waals surface area contributed by atoms with Crippen molar-refractivity contribution in [3.8, 4) is 0 Å². The highest BCUT2D eigenvalue weighted by Gasteiger charge is 2.24. The van der Waals surface area contributed by atoms with Crippen molar-refractivity contribution >= 4 is 33.0 Å². The molecular weight excluding hydrogens is 302 g/mol. The lowest BCUT2D eigenvalue weighted by atomic mass is 10.4. The number of sulfonamides is 1. The van der Waals surface area contributed by atoms with E-state index in [9.17, 15) is 13.2 Å². The molecule has 0 aliphatic heterocycles. The number of carbonyl (C=O) groups is 1. The fourth-order valence-corrected chi connectivity index (χ4v) is 4.45. The van der Waals surface area contributed by atoms with Crippen molar-refractivity contribution in [3.05, 3.63) is 27.7 Å². The van der Waals surface area contributed by atoms with E-state index in [1.54, 1.807) is 13.0 Å². The molecule has 0 amide bonds. The number of aromatic nitrogens is 2. The second-order valence-corrected chi connectivity index (χ2v) is 7.33. The number of nitrogens with one attached hydrogen (secondary N) is 1. The Hall–Kier alpha value is -1.87. The molecule has 0 atom stereocenters. The number of rotatable bonds is 4. The third-order valence-electron chi connectivity index (χ3n) is 2.67. The van der Waals surface area contributed by atoms with Crippen LogP contribution in [0.25, 0.3) is 0 Å². The molecule has 0 spiro atoms. The van der Waals surface area contributed by atoms with Gasteiger partial charge in [0.25, 0.3) is 10.0 Å². The smallest absolute Gasteiger partial charge is 0.356 e. The fraction of sp³-hybridized carbons (Fsp3) is 0.273. The Balaban J connectivity index is 2.44. The van der Waals surface area contributed by atoms with Gasteiger partial charge in [0.15, 0.2) is 5.69 Å². The van der Waals surface area contributed by atoms with Gasteiger partial charge in [-0.05, 0) is 19.9 Å². The average molecular weight is 315 g/mol. The molecular formula is C11H13N3O4S2. The Morgan fingerprint density at radius 3 is 2.60 bits per heavy atom. The molecule has 0 unspecified atom stereocenters. The van der Waals surface area contributed by atoms with Gasteiger partial charge in [-0.3, -0.25) is 9.40 Å². The molecule has 7 nitrogen and oxygen atoms in total. The molecule has 0 saturated carbocycles. The Morgan fingerprint density at radius 2 is 2.10 bits per heavy atom. The van der Waals surface area contributed by atoms with E-state index in [2.05, 4.69) is 9.82 Å². The van der Waals surface area contributed by atoms with Crippen LogP contribution in [0.5, 0.6) is 0 Å². The van der Waals surface area contributed by atoms with Crippen molar-refractivity contribution in [2.75, 3.05) is 4.72 Å². The molecule has 2 aromatic heterocycles. The van der Waals surface area contributed by atoms with Gasteiger partial charge in [0.1, 0.15) is 10.6 Å². The molecule has 9 heteroatoms. The number of thiophene rings is 1. The zero-order chi connectivity index (χ0) is 15.1. The summed E-state index contributed by atoms with van der Waals surface area (Å²) in [6.45, 7) is 3.51. The molecule has 0 bridgehead atoms. The lowest BCUT2D eigenvalue weighted by molar-refractivity contribution is 0.0686. The number of aryl methyl sites for hydroxylation is 3. The molecule has 0 aromatic carbocycles. The number of carboxylic acid groups (broad SMARTS) is 1. The number of hydrogen-bond donors (Lipinski definition) is 2. The minimum Gasteiger partial charge on any atom is -0.476 e. The van der Waals surface area contributed by atoms with E-state index in [1.165, 1.54) is 24.6 Å².